The van der Waals surface area contributed by atoms with Crippen LogP contribution >= 0.6 is 0 Å². The van der Waals surface area contributed by atoms with Crippen LogP contribution in [0.2, 0.25) is 0 Å². The predicted molar refractivity (Wildman–Crippen MR) is 41.5 cm³/mol. The summed E-state index contributed by atoms with van der Waals surface area (Å²) in [5, 5.41) is 3.46. The Bertz CT molecular complexity index is 139. The minimum Gasteiger partial charge on any atom is -0.380 e. The van der Waals surface area contributed by atoms with E-state index in [9.17, 15) is 0 Å². The lowest BCUT2D eigenvalue weighted by Crippen LogP contribution is -2.59. The van der Waals surface area contributed by atoms with Crippen LogP contribution in [-0.2, 0) is 9.47 Å². The lowest BCUT2D eigenvalue weighted by Gasteiger charge is -2.46. The van der Waals surface area contributed by atoms with Crippen LogP contribution in [0.4, 0.5) is 0 Å². The van der Waals surface area contributed by atoms with E-state index in [-0.39, 0.29) is 0 Å². The zero-order valence-electron chi connectivity index (χ0n) is 6.93. The third kappa shape index (κ3) is 1.28. The summed E-state index contributed by atoms with van der Waals surface area (Å²) in [5.41, 5.74) is 0.334. The van der Waals surface area contributed by atoms with Crippen LogP contribution in [0, 0.1) is 5.41 Å². The summed E-state index contributed by atoms with van der Waals surface area (Å²) in [7, 11) is 0. The fourth-order valence-corrected chi connectivity index (χ4v) is 1.64. The van der Waals surface area contributed by atoms with E-state index in [4.69, 9.17) is 9.47 Å². The molecule has 2 saturated heterocycles. The van der Waals surface area contributed by atoms with Gasteiger partial charge >= 0.3 is 0 Å². The largest absolute Gasteiger partial charge is 0.380 e. The Hall–Kier alpha value is -0.120. The molecule has 3 heteroatoms. The van der Waals surface area contributed by atoms with Crippen molar-refractivity contribution in [1.29, 1.82) is 0 Å². The summed E-state index contributed by atoms with van der Waals surface area (Å²) in [6.07, 6.45) is 0. The molecular weight excluding hydrogens is 142 g/mol. The molecule has 0 saturated carbocycles. The molecule has 2 fully saturated rings. The molecule has 0 aromatic rings. The fraction of sp³-hybridized carbons (Fsp3) is 1.00. The molecule has 0 bridgehead atoms. The van der Waals surface area contributed by atoms with E-state index in [2.05, 4.69) is 12.2 Å². The van der Waals surface area contributed by atoms with Crippen molar-refractivity contribution >= 4 is 0 Å². The highest BCUT2D eigenvalue weighted by atomic mass is 16.5. The zero-order chi connectivity index (χ0) is 7.73. The average Bonchev–Trinajstić information content (AvgIpc) is 2.02. The molecule has 3 nitrogen and oxygen atoms in total. The van der Waals surface area contributed by atoms with E-state index in [1.165, 1.54) is 0 Å². The number of morpholine rings is 1. The summed E-state index contributed by atoms with van der Waals surface area (Å²) in [6.45, 7) is 6.71. The second-order valence-electron chi connectivity index (χ2n) is 3.73. The summed E-state index contributed by atoms with van der Waals surface area (Å²) in [5.74, 6) is 0. The van der Waals surface area contributed by atoms with Gasteiger partial charge in [-0.05, 0) is 0 Å². The molecule has 2 heterocycles. The topological polar surface area (TPSA) is 30.5 Å². The van der Waals surface area contributed by atoms with Gasteiger partial charge in [0, 0.05) is 18.0 Å². The van der Waals surface area contributed by atoms with E-state index in [1.807, 2.05) is 0 Å². The monoisotopic (exact) mass is 157 g/mol. The molecule has 0 aromatic carbocycles. The van der Waals surface area contributed by atoms with E-state index in [0.717, 1.165) is 33.0 Å². The molecular formula is C8H15NO2. The van der Waals surface area contributed by atoms with Crippen molar-refractivity contribution in [2.45, 2.75) is 13.0 Å². The van der Waals surface area contributed by atoms with E-state index >= 15 is 0 Å². The van der Waals surface area contributed by atoms with Crippen LogP contribution in [0.1, 0.15) is 6.92 Å². The number of ether oxygens (including phenoxy) is 2. The van der Waals surface area contributed by atoms with Crippen molar-refractivity contribution in [1.82, 2.24) is 5.32 Å². The van der Waals surface area contributed by atoms with Crippen molar-refractivity contribution in [3.05, 3.63) is 0 Å². The molecule has 11 heavy (non-hydrogen) atoms. The van der Waals surface area contributed by atoms with Gasteiger partial charge in [0.05, 0.1) is 26.4 Å². The van der Waals surface area contributed by atoms with Gasteiger partial charge in [0.15, 0.2) is 0 Å². The Morgan fingerprint density at radius 1 is 1.36 bits per heavy atom. The molecule has 1 unspecified atom stereocenters. The first-order chi connectivity index (χ1) is 5.31. The number of hydrogen-bond donors (Lipinski definition) is 1. The maximum absolute atomic E-state index is 5.39. The van der Waals surface area contributed by atoms with Gasteiger partial charge < -0.3 is 14.8 Å². The number of nitrogens with one attached hydrogen (secondary N) is 1. The second-order valence-corrected chi connectivity index (χ2v) is 3.73. The molecule has 2 aliphatic heterocycles. The lowest BCUT2D eigenvalue weighted by atomic mass is 9.80. The Labute approximate surface area is 67.1 Å². The summed E-state index contributed by atoms with van der Waals surface area (Å²) in [4.78, 5) is 0. The number of hydrogen-bond acceptors (Lipinski definition) is 3. The van der Waals surface area contributed by atoms with Crippen LogP contribution in [0.3, 0.4) is 0 Å². The first-order valence-electron chi connectivity index (χ1n) is 4.20. The van der Waals surface area contributed by atoms with Gasteiger partial charge in [-0.1, -0.05) is 6.92 Å². The van der Waals surface area contributed by atoms with Crippen molar-refractivity contribution in [2.75, 3.05) is 33.0 Å². The molecule has 0 spiro atoms. The van der Waals surface area contributed by atoms with Crippen molar-refractivity contribution in [3.8, 4) is 0 Å². The highest BCUT2D eigenvalue weighted by Crippen LogP contribution is 2.31. The molecule has 0 aliphatic carbocycles. The molecule has 1 atom stereocenters. The second kappa shape index (κ2) is 2.73. The Morgan fingerprint density at radius 3 is 2.64 bits per heavy atom. The van der Waals surface area contributed by atoms with Crippen molar-refractivity contribution in [2.24, 2.45) is 5.41 Å². The smallest absolute Gasteiger partial charge is 0.0627 e. The van der Waals surface area contributed by atoms with Gasteiger partial charge in [0.25, 0.3) is 0 Å². The van der Waals surface area contributed by atoms with Gasteiger partial charge in [-0.2, -0.15) is 0 Å². The molecule has 0 aromatic heterocycles. The summed E-state index contributed by atoms with van der Waals surface area (Å²) >= 11 is 0. The van der Waals surface area contributed by atoms with Crippen LogP contribution in [0.5, 0.6) is 0 Å². The Balaban J connectivity index is 1.91. The van der Waals surface area contributed by atoms with Gasteiger partial charge in [-0.25, -0.2) is 0 Å². The van der Waals surface area contributed by atoms with Gasteiger partial charge in [0.1, 0.15) is 0 Å². The normalized spacial score (nSPS) is 36.3. The van der Waals surface area contributed by atoms with Crippen LogP contribution < -0.4 is 5.32 Å². The Kier molecular flexibility index (Phi) is 1.87. The SMILES string of the molecule is CC1(C2COCCN2)COC1. The van der Waals surface area contributed by atoms with Gasteiger partial charge in [0.2, 0.25) is 0 Å². The standard InChI is InChI=1S/C8H15NO2/c1-8(5-11-6-8)7-4-10-3-2-9-7/h7,9H,2-6H2,1H3. The van der Waals surface area contributed by atoms with Gasteiger partial charge in [-0.3, -0.25) is 0 Å². The fourth-order valence-electron chi connectivity index (χ4n) is 1.64. The molecule has 2 rings (SSSR count). The first-order valence-corrected chi connectivity index (χ1v) is 4.20. The quantitative estimate of drug-likeness (QED) is 0.581. The predicted octanol–water partition coefficient (Wildman–Crippen LogP) is 0.0113. The highest BCUT2D eigenvalue weighted by molar-refractivity contribution is 4.93. The van der Waals surface area contributed by atoms with E-state index in [0.29, 0.717) is 11.5 Å². The molecule has 0 radical (unpaired) electrons. The summed E-state index contributed by atoms with van der Waals surface area (Å²) < 4.78 is 10.6. The average molecular weight is 157 g/mol. The van der Waals surface area contributed by atoms with Crippen LogP contribution in [0.25, 0.3) is 0 Å². The first kappa shape index (κ1) is 7.53. The molecule has 64 valence electrons. The van der Waals surface area contributed by atoms with E-state index < -0.39 is 0 Å². The van der Waals surface area contributed by atoms with Crippen molar-refractivity contribution < 1.29 is 9.47 Å². The summed E-state index contributed by atoms with van der Waals surface area (Å²) in [6, 6.07) is 0.505. The van der Waals surface area contributed by atoms with Crippen LogP contribution in [0.15, 0.2) is 0 Å². The minimum atomic E-state index is 0.334. The third-order valence-electron chi connectivity index (χ3n) is 2.63. The molecule has 0 amide bonds. The number of rotatable bonds is 1. The lowest BCUT2D eigenvalue weighted by molar-refractivity contribution is -0.139. The van der Waals surface area contributed by atoms with Gasteiger partial charge in [-0.15, -0.1) is 0 Å². The Morgan fingerprint density at radius 2 is 2.18 bits per heavy atom. The minimum absolute atomic E-state index is 0.334. The maximum Gasteiger partial charge on any atom is 0.0627 e. The molecule has 2 aliphatic rings. The van der Waals surface area contributed by atoms with Crippen LogP contribution in [-0.4, -0.2) is 39.0 Å². The maximum atomic E-state index is 5.39. The van der Waals surface area contributed by atoms with E-state index in [1.54, 1.807) is 0 Å². The highest BCUT2D eigenvalue weighted by Gasteiger charge is 2.41. The molecule has 1 N–H and O–H groups in total. The zero-order valence-corrected chi connectivity index (χ0v) is 6.93. The third-order valence-corrected chi connectivity index (χ3v) is 2.63. The van der Waals surface area contributed by atoms with Crippen molar-refractivity contribution in [3.63, 3.8) is 0 Å².